The van der Waals surface area contributed by atoms with Gasteiger partial charge in [-0.05, 0) is 6.07 Å². The van der Waals surface area contributed by atoms with Gasteiger partial charge in [-0.1, -0.05) is 11.6 Å². The van der Waals surface area contributed by atoms with Crippen LogP contribution in [0.2, 0.25) is 5.02 Å². The Hall–Kier alpha value is -1.62. The summed E-state index contributed by atoms with van der Waals surface area (Å²) < 4.78 is 0. The number of non-ortho nitro benzene ring substituents is 1. The second-order valence-corrected chi connectivity index (χ2v) is 4.33. The largest absolute Gasteiger partial charge is 0.369 e. The summed E-state index contributed by atoms with van der Waals surface area (Å²) in [5, 5.41) is 11.2. The van der Waals surface area contributed by atoms with Gasteiger partial charge < -0.3 is 4.90 Å². The van der Waals surface area contributed by atoms with E-state index >= 15 is 0 Å². The molecule has 0 saturated carbocycles. The highest BCUT2D eigenvalue weighted by molar-refractivity contribution is 6.33. The summed E-state index contributed by atoms with van der Waals surface area (Å²) in [5.41, 5.74) is 0.648. The van der Waals surface area contributed by atoms with Gasteiger partial charge in [0, 0.05) is 38.1 Å². The van der Waals surface area contributed by atoms with Gasteiger partial charge in [-0.25, -0.2) is 0 Å². The van der Waals surface area contributed by atoms with E-state index in [1.54, 1.807) is 0 Å². The third-order valence-electron chi connectivity index (χ3n) is 2.80. The van der Waals surface area contributed by atoms with E-state index in [0.717, 1.165) is 0 Å². The molecule has 1 heterocycles. The van der Waals surface area contributed by atoms with E-state index in [1.165, 1.54) is 18.2 Å². The van der Waals surface area contributed by atoms with Crippen LogP contribution in [-0.2, 0) is 4.79 Å². The van der Waals surface area contributed by atoms with Gasteiger partial charge in [-0.2, -0.15) is 0 Å². The molecule has 1 saturated heterocycles. The molecule has 6 heteroatoms. The van der Waals surface area contributed by atoms with E-state index in [4.69, 9.17) is 11.6 Å². The number of nitro benzene ring substituents is 1. The van der Waals surface area contributed by atoms with Crippen molar-refractivity contribution in [2.45, 2.75) is 12.8 Å². The third-order valence-corrected chi connectivity index (χ3v) is 3.12. The SMILES string of the molecule is O=C1CCN(c2cc([N+](=O)[O-])ccc2Cl)CC1. The fourth-order valence-electron chi connectivity index (χ4n) is 1.85. The van der Waals surface area contributed by atoms with E-state index < -0.39 is 4.92 Å². The van der Waals surface area contributed by atoms with Crippen molar-refractivity contribution in [1.29, 1.82) is 0 Å². The molecule has 1 aliphatic heterocycles. The van der Waals surface area contributed by atoms with Crippen molar-refractivity contribution in [3.63, 3.8) is 0 Å². The number of nitrogens with zero attached hydrogens (tertiary/aromatic N) is 2. The molecular formula is C11H11ClN2O3. The lowest BCUT2D eigenvalue weighted by molar-refractivity contribution is -0.384. The molecule has 90 valence electrons. The number of Topliss-reactive ketones (excluding diaryl/α,β-unsaturated/α-hetero) is 1. The molecule has 0 spiro atoms. The number of hydrogen-bond acceptors (Lipinski definition) is 4. The molecule has 1 aromatic rings. The van der Waals surface area contributed by atoms with Gasteiger partial charge in [-0.15, -0.1) is 0 Å². The minimum atomic E-state index is -0.449. The number of carbonyl (C=O) groups excluding carboxylic acids is 1. The lowest BCUT2D eigenvalue weighted by Gasteiger charge is -2.28. The zero-order valence-electron chi connectivity index (χ0n) is 9.06. The smallest absolute Gasteiger partial charge is 0.271 e. The minimum absolute atomic E-state index is 0.0151. The lowest BCUT2D eigenvalue weighted by Crippen LogP contribution is -2.33. The van der Waals surface area contributed by atoms with Crippen LogP contribution in [0.25, 0.3) is 0 Å². The highest BCUT2D eigenvalue weighted by Gasteiger charge is 2.20. The summed E-state index contributed by atoms with van der Waals surface area (Å²) in [4.78, 5) is 23.3. The number of anilines is 1. The van der Waals surface area contributed by atoms with Crippen molar-refractivity contribution >= 4 is 28.8 Å². The van der Waals surface area contributed by atoms with Crippen LogP contribution in [0.3, 0.4) is 0 Å². The normalized spacial score (nSPS) is 16.1. The third kappa shape index (κ3) is 2.55. The molecule has 0 atom stereocenters. The van der Waals surface area contributed by atoms with E-state index in [-0.39, 0.29) is 11.5 Å². The maximum atomic E-state index is 11.1. The van der Waals surface area contributed by atoms with Crippen molar-refractivity contribution < 1.29 is 9.72 Å². The molecule has 0 aliphatic carbocycles. The standard InChI is InChI=1S/C11H11ClN2O3/c12-10-2-1-8(14(16)17)7-11(10)13-5-3-9(15)4-6-13/h1-2,7H,3-6H2. The van der Waals surface area contributed by atoms with Crippen LogP contribution in [0.1, 0.15) is 12.8 Å². The van der Waals surface area contributed by atoms with Gasteiger partial charge in [-0.3, -0.25) is 14.9 Å². The van der Waals surface area contributed by atoms with Crippen molar-refractivity contribution in [3.05, 3.63) is 33.3 Å². The summed E-state index contributed by atoms with van der Waals surface area (Å²) in [6.45, 7) is 1.14. The van der Waals surface area contributed by atoms with Crippen molar-refractivity contribution in [2.75, 3.05) is 18.0 Å². The molecule has 0 N–H and O–H groups in total. The maximum absolute atomic E-state index is 11.1. The zero-order chi connectivity index (χ0) is 12.4. The summed E-state index contributed by atoms with van der Waals surface area (Å²) >= 11 is 6.02. The number of rotatable bonds is 2. The molecule has 1 aromatic carbocycles. The zero-order valence-corrected chi connectivity index (χ0v) is 9.81. The van der Waals surface area contributed by atoms with E-state index in [0.29, 0.717) is 36.6 Å². The first-order valence-corrected chi connectivity index (χ1v) is 5.66. The fourth-order valence-corrected chi connectivity index (χ4v) is 2.09. The van der Waals surface area contributed by atoms with Gasteiger partial charge in [0.15, 0.2) is 0 Å². The molecule has 5 nitrogen and oxygen atoms in total. The average Bonchev–Trinajstić information content (AvgIpc) is 2.31. The Morgan fingerprint density at radius 1 is 1.29 bits per heavy atom. The Kier molecular flexibility index (Phi) is 3.28. The number of benzene rings is 1. The van der Waals surface area contributed by atoms with Crippen LogP contribution in [-0.4, -0.2) is 23.8 Å². The topological polar surface area (TPSA) is 63.5 Å². The molecule has 2 rings (SSSR count). The van der Waals surface area contributed by atoms with Gasteiger partial charge in [0.25, 0.3) is 5.69 Å². The predicted molar refractivity (Wildman–Crippen MR) is 64.6 cm³/mol. The first-order valence-electron chi connectivity index (χ1n) is 5.28. The Morgan fingerprint density at radius 3 is 2.53 bits per heavy atom. The predicted octanol–water partition coefficient (Wildman–Crippen LogP) is 2.42. The first-order chi connectivity index (χ1) is 8.08. The summed E-state index contributed by atoms with van der Waals surface area (Å²) in [6, 6.07) is 4.35. The highest BCUT2D eigenvalue weighted by atomic mass is 35.5. The lowest BCUT2D eigenvalue weighted by atomic mass is 10.1. The van der Waals surface area contributed by atoms with Crippen LogP contribution in [0, 0.1) is 10.1 Å². The first kappa shape index (κ1) is 11.9. The quantitative estimate of drug-likeness (QED) is 0.601. The van der Waals surface area contributed by atoms with Crippen LogP contribution in [0.15, 0.2) is 18.2 Å². The maximum Gasteiger partial charge on any atom is 0.271 e. The van der Waals surface area contributed by atoms with Crippen molar-refractivity contribution in [2.24, 2.45) is 0 Å². The number of piperidine rings is 1. The van der Waals surface area contributed by atoms with Gasteiger partial charge in [0.05, 0.1) is 15.6 Å². The van der Waals surface area contributed by atoms with Crippen molar-refractivity contribution in [3.8, 4) is 0 Å². The van der Waals surface area contributed by atoms with Gasteiger partial charge >= 0.3 is 0 Å². The summed E-state index contributed by atoms with van der Waals surface area (Å²) in [7, 11) is 0. The van der Waals surface area contributed by atoms with Gasteiger partial charge in [0.1, 0.15) is 5.78 Å². The van der Waals surface area contributed by atoms with E-state index in [1.807, 2.05) is 4.90 Å². The number of carbonyl (C=O) groups is 1. The van der Waals surface area contributed by atoms with Crippen LogP contribution in [0.5, 0.6) is 0 Å². The average molecular weight is 255 g/mol. The number of halogens is 1. The highest BCUT2D eigenvalue weighted by Crippen LogP contribution is 2.31. The Bertz CT molecular complexity index is 466. The summed E-state index contributed by atoms with van der Waals surface area (Å²) in [6.07, 6.45) is 0.943. The van der Waals surface area contributed by atoms with Gasteiger partial charge in [0.2, 0.25) is 0 Å². The Labute approximate surface area is 103 Å². The second kappa shape index (κ2) is 4.71. The molecule has 0 bridgehead atoms. The molecule has 0 unspecified atom stereocenters. The van der Waals surface area contributed by atoms with Crippen molar-refractivity contribution in [1.82, 2.24) is 0 Å². The Morgan fingerprint density at radius 2 is 1.94 bits per heavy atom. The van der Waals surface area contributed by atoms with Crippen LogP contribution in [0.4, 0.5) is 11.4 Å². The fraction of sp³-hybridized carbons (Fsp3) is 0.364. The summed E-state index contributed by atoms with van der Waals surface area (Å²) in [5.74, 6) is 0.225. The molecule has 1 aliphatic rings. The molecule has 1 fully saturated rings. The molecule has 0 aromatic heterocycles. The molecule has 17 heavy (non-hydrogen) atoms. The number of hydrogen-bond donors (Lipinski definition) is 0. The molecular weight excluding hydrogens is 244 g/mol. The van der Waals surface area contributed by atoms with Crippen LogP contribution >= 0.6 is 11.6 Å². The van der Waals surface area contributed by atoms with Crippen LogP contribution < -0.4 is 4.90 Å². The van der Waals surface area contributed by atoms with E-state index in [9.17, 15) is 14.9 Å². The second-order valence-electron chi connectivity index (χ2n) is 3.92. The number of ketones is 1. The molecule has 0 radical (unpaired) electrons. The monoisotopic (exact) mass is 254 g/mol. The minimum Gasteiger partial charge on any atom is -0.369 e. The Balaban J connectivity index is 2.27. The van der Waals surface area contributed by atoms with E-state index in [2.05, 4.69) is 0 Å². The molecule has 0 amide bonds. The number of nitro groups is 1.